The van der Waals surface area contributed by atoms with Gasteiger partial charge in [-0.1, -0.05) is 13.8 Å². The topological polar surface area (TPSA) is 76.0 Å². The number of aryl methyl sites for hydroxylation is 1. The molecule has 2 aromatic carbocycles. The first-order chi connectivity index (χ1) is 10.2. The van der Waals surface area contributed by atoms with Gasteiger partial charge in [0.2, 0.25) is 0 Å². The van der Waals surface area contributed by atoms with Gasteiger partial charge in [0.25, 0.3) is 0 Å². The molecule has 0 aliphatic carbocycles. The van der Waals surface area contributed by atoms with Crippen LogP contribution in [0.3, 0.4) is 0 Å². The molecule has 1 atom stereocenters. The van der Waals surface area contributed by atoms with Gasteiger partial charge in [-0.05, 0) is 25.5 Å². The van der Waals surface area contributed by atoms with E-state index >= 15 is 0 Å². The molecule has 5 nitrogen and oxygen atoms in total. The zero-order valence-electron chi connectivity index (χ0n) is 12.8. The molecule has 0 fully saturated rings. The highest BCUT2D eigenvalue weighted by atomic mass is 16.5. The number of carbonyl (C=O) groups is 1. The fourth-order valence-corrected chi connectivity index (χ4v) is 3.48. The molecule has 0 amide bonds. The number of esters is 1. The van der Waals surface area contributed by atoms with Gasteiger partial charge in [-0.15, -0.1) is 0 Å². The van der Waals surface area contributed by atoms with Gasteiger partial charge in [0, 0.05) is 16.4 Å². The molecule has 114 valence electrons. The summed E-state index contributed by atoms with van der Waals surface area (Å²) in [6.45, 7) is 7.74. The number of ether oxygens (including phenoxy) is 2. The third kappa shape index (κ3) is 1.27. The van der Waals surface area contributed by atoms with Crippen LogP contribution in [0.5, 0.6) is 23.0 Å². The molecule has 2 heterocycles. The second-order valence-corrected chi connectivity index (χ2v) is 6.59. The zero-order valence-corrected chi connectivity index (χ0v) is 12.8. The van der Waals surface area contributed by atoms with Crippen molar-refractivity contribution < 1.29 is 24.5 Å². The number of hydrogen-bond acceptors (Lipinski definition) is 5. The van der Waals surface area contributed by atoms with Crippen molar-refractivity contribution >= 4 is 16.7 Å². The molecule has 0 radical (unpaired) electrons. The number of phenolic OH excluding ortho intramolecular Hbond substituents is 2. The van der Waals surface area contributed by atoms with Crippen LogP contribution in [0, 0.1) is 6.92 Å². The summed E-state index contributed by atoms with van der Waals surface area (Å²) in [6, 6.07) is 1.53. The molecule has 0 spiro atoms. The standard InChI is InChI=1S/C17H16O5/c1-6-5-8(18)10-11-9(6)14-12(17(3,4)7(2)21-14)13(19)15(11)22-16(10)20/h5,7,18-19H,1-4H3. The van der Waals surface area contributed by atoms with Gasteiger partial charge in [0.05, 0.1) is 5.39 Å². The molecule has 22 heavy (non-hydrogen) atoms. The highest BCUT2D eigenvalue weighted by molar-refractivity contribution is 6.18. The molecule has 4 rings (SSSR count). The first-order valence-electron chi connectivity index (χ1n) is 7.19. The second-order valence-electron chi connectivity index (χ2n) is 6.59. The molecule has 0 saturated heterocycles. The monoisotopic (exact) mass is 300 g/mol. The van der Waals surface area contributed by atoms with Crippen molar-refractivity contribution in [3.8, 4) is 23.0 Å². The molecule has 2 aliphatic rings. The fourth-order valence-electron chi connectivity index (χ4n) is 3.48. The molecule has 2 aromatic rings. The van der Waals surface area contributed by atoms with Crippen molar-refractivity contribution in [3.63, 3.8) is 0 Å². The number of fused-ring (bicyclic) bond motifs is 2. The van der Waals surface area contributed by atoms with E-state index < -0.39 is 11.4 Å². The summed E-state index contributed by atoms with van der Waals surface area (Å²) in [5, 5.41) is 21.9. The van der Waals surface area contributed by atoms with E-state index in [1.165, 1.54) is 6.07 Å². The lowest BCUT2D eigenvalue weighted by molar-refractivity contribution is 0.0747. The lowest BCUT2D eigenvalue weighted by Gasteiger charge is -2.22. The molecule has 0 saturated carbocycles. The van der Waals surface area contributed by atoms with Crippen LogP contribution < -0.4 is 9.47 Å². The van der Waals surface area contributed by atoms with E-state index in [-0.39, 0.29) is 28.9 Å². The van der Waals surface area contributed by atoms with Gasteiger partial charge < -0.3 is 19.7 Å². The maximum Gasteiger partial charge on any atom is 0.348 e. The van der Waals surface area contributed by atoms with Gasteiger partial charge in [0.1, 0.15) is 23.2 Å². The summed E-state index contributed by atoms with van der Waals surface area (Å²) in [7, 11) is 0. The van der Waals surface area contributed by atoms with Crippen LogP contribution in [0.25, 0.3) is 10.8 Å². The van der Waals surface area contributed by atoms with E-state index in [1.807, 2.05) is 27.7 Å². The SMILES string of the molecule is Cc1cc(O)c2c3c(c(O)c4c(c13)OC(C)C4(C)C)OC2=O. The van der Waals surface area contributed by atoms with E-state index in [4.69, 9.17) is 9.47 Å². The maximum atomic E-state index is 12.1. The lowest BCUT2D eigenvalue weighted by atomic mass is 9.79. The van der Waals surface area contributed by atoms with Crippen LogP contribution in [-0.2, 0) is 5.41 Å². The van der Waals surface area contributed by atoms with Gasteiger partial charge >= 0.3 is 5.97 Å². The Bertz CT molecular complexity index is 879. The Morgan fingerprint density at radius 1 is 1.18 bits per heavy atom. The van der Waals surface area contributed by atoms with E-state index in [0.29, 0.717) is 16.7 Å². The maximum absolute atomic E-state index is 12.1. The van der Waals surface area contributed by atoms with Gasteiger partial charge in [-0.3, -0.25) is 0 Å². The van der Waals surface area contributed by atoms with Crippen molar-refractivity contribution in [3.05, 3.63) is 22.8 Å². The minimum atomic E-state index is -0.651. The molecule has 0 bridgehead atoms. The van der Waals surface area contributed by atoms with E-state index in [1.54, 1.807) is 0 Å². The van der Waals surface area contributed by atoms with Crippen LogP contribution in [0.1, 0.15) is 42.3 Å². The van der Waals surface area contributed by atoms with Crippen LogP contribution >= 0.6 is 0 Å². The number of benzene rings is 2. The first-order valence-corrected chi connectivity index (χ1v) is 7.19. The van der Waals surface area contributed by atoms with Gasteiger partial charge in [0.15, 0.2) is 11.5 Å². The number of phenols is 2. The third-order valence-electron chi connectivity index (χ3n) is 4.99. The van der Waals surface area contributed by atoms with Crippen LogP contribution in [-0.4, -0.2) is 22.3 Å². The van der Waals surface area contributed by atoms with Crippen molar-refractivity contribution in [1.29, 1.82) is 0 Å². The summed E-state index contributed by atoms with van der Waals surface area (Å²) >= 11 is 0. The minimum absolute atomic E-state index is 0.0750. The highest BCUT2D eigenvalue weighted by Gasteiger charge is 2.46. The minimum Gasteiger partial charge on any atom is -0.507 e. The van der Waals surface area contributed by atoms with Crippen LogP contribution in [0.2, 0.25) is 0 Å². The van der Waals surface area contributed by atoms with E-state index in [0.717, 1.165) is 10.9 Å². The molecule has 2 N–H and O–H groups in total. The summed E-state index contributed by atoms with van der Waals surface area (Å²) < 4.78 is 11.2. The average molecular weight is 300 g/mol. The average Bonchev–Trinajstić information content (AvgIpc) is 2.86. The Morgan fingerprint density at radius 2 is 1.86 bits per heavy atom. The molecule has 2 aliphatic heterocycles. The molecule has 0 aromatic heterocycles. The number of aromatic hydroxyl groups is 2. The molecule has 1 unspecified atom stereocenters. The summed E-state index contributed by atoms with van der Waals surface area (Å²) in [5.74, 6) is -0.168. The first kappa shape index (κ1) is 13.2. The molecule has 5 heteroatoms. The predicted octanol–water partition coefficient (Wildman–Crippen LogP) is 3.15. The van der Waals surface area contributed by atoms with Crippen molar-refractivity contribution in [2.45, 2.75) is 39.2 Å². The quantitative estimate of drug-likeness (QED) is 0.577. The van der Waals surface area contributed by atoms with Gasteiger partial charge in [-0.2, -0.15) is 0 Å². The summed E-state index contributed by atoms with van der Waals surface area (Å²) in [5.41, 5.74) is 1.10. The number of carbonyl (C=O) groups excluding carboxylic acids is 1. The lowest BCUT2D eigenvalue weighted by Crippen LogP contribution is -2.28. The Balaban J connectivity index is 2.27. The van der Waals surface area contributed by atoms with Crippen LogP contribution in [0.15, 0.2) is 6.07 Å². The molecular formula is C17H16O5. The highest BCUT2D eigenvalue weighted by Crippen LogP contribution is 2.59. The van der Waals surface area contributed by atoms with Crippen LogP contribution in [0.4, 0.5) is 0 Å². The number of hydrogen-bond donors (Lipinski definition) is 2. The summed E-state index contributed by atoms with van der Waals surface area (Å²) in [4.78, 5) is 12.1. The Labute approximate surface area is 127 Å². The van der Waals surface area contributed by atoms with Gasteiger partial charge in [-0.25, -0.2) is 4.79 Å². The van der Waals surface area contributed by atoms with Crippen molar-refractivity contribution in [2.24, 2.45) is 0 Å². The predicted molar refractivity (Wildman–Crippen MR) is 80.1 cm³/mol. The largest absolute Gasteiger partial charge is 0.507 e. The molecular weight excluding hydrogens is 284 g/mol. The van der Waals surface area contributed by atoms with Crippen molar-refractivity contribution in [2.75, 3.05) is 0 Å². The third-order valence-corrected chi connectivity index (χ3v) is 4.99. The number of rotatable bonds is 0. The second kappa shape index (κ2) is 3.66. The Hall–Kier alpha value is -2.43. The Morgan fingerprint density at radius 3 is 2.55 bits per heavy atom. The fraction of sp³-hybridized carbons (Fsp3) is 0.353. The smallest absolute Gasteiger partial charge is 0.348 e. The zero-order chi connectivity index (χ0) is 16.0. The van der Waals surface area contributed by atoms with E-state index in [9.17, 15) is 15.0 Å². The van der Waals surface area contributed by atoms with E-state index in [2.05, 4.69) is 0 Å². The summed E-state index contributed by atoms with van der Waals surface area (Å²) in [6.07, 6.45) is -0.126. The van der Waals surface area contributed by atoms with Crippen molar-refractivity contribution in [1.82, 2.24) is 0 Å². The normalized spacial score (nSPS) is 20.9. The Kier molecular flexibility index (Phi) is 2.20.